The Morgan fingerprint density at radius 3 is 2.53 bits per heavy atom. The molecule has 0 amide bonds. The molecule has 0 radical (unpaired) electrons. The summed E-state index contributed by atoms with van der Waals surface area (Å²) in [6.07, 6.45) is 4.52. The predicted octanol–water partition coefficient (Wildman–Crippen LogP) is 0.691. The van der Waals surface area contributed by atoms with Gasteiger partial charge in [0.05, 0.1) is 12.4 Å². The van der Waals surface area contributed by atoms with Gasteiger partial charge in [-0.3, -0.25) is 0 Å². The molecule has 17 heavy (non-hydrogen) atoms. The molecule has 1 N–H and O–H groups in total. The van der Waals surface area contributed by atoms with Gasteiger partial charge in [0.1, 0.15) is 4.90 Å². The minimum Gasteiger partial charge on any atom is -0.357 e. The summed E-state index contributed by atoms with van der Waals surface area (Å²) >= 11 is 0. The van der Waals surface area contributed by atoms with Crippen molar-refractivity contribution >= 4 is 16.0 Å². The normalized spacial score (nSPS) is 21.6. The van der Waals surface area contributed by atoms with Crippen LogP contribution in [0.4, 0.5) is 5.95 Å². The molecule has 1 atom stereocenters. The first kappa shape index (κ1) is 12.3. The number of nitrogens with zero attached hydrogens (tertiary/aromatic N) is 3. The Balaban J connectivity index is 2.31. The van der Waals surface area contributed by atoms with E-state index in [-0.39, 0.29) is 10.9 Å². The largest absolute Gasteiger partial charge is 0.357 e. The fourth-order valence-corrected chi connectivity index (χ4v) is 3.57. The van der Waals surface area contributed by atoms with Crippen LogP contribution in [0.2, 0.25) is 0 Å². The number of hydrogen-bond acceptors (Lipinski definition) is 5. The second-order valence-corrected chi connectivity index (χ2v) is 5.99. The van der Waals surface area contributed by atoms with E-state index in [2.05, 4.69) is 15.3 Å². The quantitative estimate of drug-likeness (QED) is 0.861. The van der Waals surface area contributed by atoms with Crippen molar-refractivity contribution in [2.75, 3.05) is 18.9 Å². The molecule has 6 nitrogen and oxygen atoms in total. The van der Waals surface area contributed by atoms with Gasteiger partial charge in [0.25, 0.3) is 0 Å². The maximum atomic E-state index is 12.3. The minimum absolute atomic E-state index is 0.0592. The van der Waals surface area contributed by atoms with E-state index in [1.165, 1.54) is 16.7 Å². The number of sulfonamides is 1. The lowest BCUT2D eigenvalue weighted by Gasteiger charge is -2.20. The molecule has 2 heterocycles. The van der Waals surface area contributed by atoms with E-state index in [1.807, 2.05) is 6.92 Å². The van der Waals surface area contributed by atoms with Gasteiger partial charge in [-0.2, -0.15) is 4.31 Å². The number of rotatable bonds is 3. The van der Waals surface area contributed by atoms with Gasteiger partial charge in [-0.25, -0.2) is 18.4 Å². The molecular formula is C10H16N4O2S. The SMILES string of the molecule is CNc1ncc(S(=O)(=O)N2CCCC2C)cn1. The van der Waals surface area contributed by atoms with Crippen LogP contribution in [0.5, 0.6) is 0 Å². The van der Waals surface area contributed by atoms with Crippen molar-refractivity contribution in [3.8, 4) is 0 Å². The van der Waals surface area contributed by atoms with Crippen LogP contribution in [-0.4, -0.2) is 42.3 Å². The molecule has 1 saturated heterocycles. The summed E-state index contributed by atoms with van der Waals surface area (Å²) in [6, 6.07) is 0.0592. The third-order valence-corrected chi connectivity index (χ3v) is 4.92. The van der Waals surface area contributed by atoms with Gasteiger partial charge in [-0.15, -0.1) is 0 Å². The molecule has 0 bridgehead atoms. The topological polar surface area (TPSA) is 75.2 Å². The van der Waals surface area contributed by atoms with Gasteiger partial charge in [0, 0.05) is 19.6 Å². The molecule has 1 aromatic rings. The Hall–Kier alpha value is -1.21. The van der Waals surface area contributed by atoms with E-state index in [0.29, 0.717) is 12.5 Å². The fourth-order valence-electron chi connectivity index (χ4n) is 1.98. The molecule has 1 aliphatic heterocycles. The van der Waals surface area contributed by atoms with Gasteiger partial charge < -0.3 is 5.32 Å². The lowest BCUT2D eigenvalue weighted by atomic mass is 10.3. The molecule has 0 aliphatic carbocycles. The van der Waals surface area contributed by atoms with Crippen molar-refractivity contribution in [1.82, 2.24) is 14.3 Å². The lowest BCUT2D eigenvalue weighted by Crippen LogP contribution is -2.33. The first-order valence-corrected chi connectivity index (χ1v) is 7.01. The molecule has 2 rings (SSSR count). The third kappa shape index (κ3) is 2.25. The van der Waals surface area contributed by atoms with E-state index in [4.69, 9.17) is 0 Å². The summed E-state index contributed by atoms with van der Waals surface area (Å²) in [5.41, 5.74) is 0. The minimum atomic E-state index is -3.43. The first-order valence-electron chi connectivity index (χ1n) is 5.57. The Kier molecular flexibility index (Phi) is 3.30. The average molecular weight is 256 g/mol. The van der Waals surface area contributed by atoms with Crippen LogP contribution in [0.25, 0.3) is 0 Å². The molecular weight excluding hydrogens is 240 g/mol. The standard InChI is InChI=1S/C10H16N4O2S/c1-8-4-3-5-14(8)17(15,16)9-6-12-10(11-2)13-7-9/h6-8H,3-5H2,1-2H3,(H,11,12,13). The Bertz CT molecular complexity index is 486. The van der Waals surface area contributed by atoms with Crippen molar-refractivity contribution in [3.63, 3.8) is 0 Å². The Morgan fingerprint density at radius 2 is 2.06 bits per heavy atom. The highest BCUT2D eigenvalue weighted by atomic mass is 32.2. The second kappa shape index (κ2) is 4.58. The lowest BCUT2D eigenvalue weighted by molar-refractivity contribution is 0.408. The summed E-state index contributed by atoms with van der Waals surface area (Å²) in [4.78, 5) is 8.02. The van der Waals surface area contributed by atoms with Crippen LogP contribution < -0.4 is 5.32 Å². The fraction of sp³-hybridized carbons (Fsp3) is 0.600. The monoisotopic (exact) mass is 256 g/mol. The van der Waals surface area contributed by atoms with Crippen LogP contribution in [0, 0.1) is 0 Å². The van der Waals surface area contributed by atoms with Gasteiger partial charge in [-0.05, 0) is 19.8 Å². The molecule has 0 aromatic carbocycles. The first-order chi connectivity index (χ1) is 8.05. The zero-order valence-corrected chi connectivity index (χ0v) is 10.7. The van der Waals surface area contributed by atoms with E-state index in [1.54, 1.807) is 7.05 Å². The van der Waals surface area contributed by atoms with Crippen LogP contribution >= 0.6 is 0 Å². The van der Waals surface area contributed by atoms with Crippen LogP contribution in [0.15, 0.2) is 17.3 Å². The summed E-state index contributed by atoms with van der Waals surface area (Å²) in [6.45, 7) is 2.50. The van der Waals surface area contributed by atoms with E-state index >= 15 is 0 Å². The maximum Gasteiger partial charge on any atom is 0.246 e. The molecule has 1 aromatic heterocycles. The van der Waals surface area contributed by atoms with Gasteiger partial charge >= 0.3 is 0 Å². The van der Waals surface area contributed by atoms with Gasteiger partial charge in [-0.1, -0.05) is 0 Å². The van der Waals surface area contributed by atoms with Crippen LogP contribution in [0.1, 0.15) is 19.8 Å². The highest BCUT2D eigenvalue weighted by molar-refractivity contribution is 7.89. The van der Waals surface area contributed by atoms with Crippen molar-refractivity contribution < 1.29 is 8.42 Å². The van der Waals surface area contributed by atoms with E-state index < -0.39 is 10.0 Å². The second-order valence-electron chi connectivity index (χ2n) is 4.10. The van der Waals surface area contributed by atoms with E-state index in [0.717, 1.165) is 12.8 Å². The van der Waals surface area contributed by atoms with Crippen LogP contribution in [0.3, 0.4) is 0 Å². The molecule has 1 unspecified atom stereocenters. The maximum absolute atomic E-state index is 12.3. The summed E-state index contributed by atoms with van der Waals surface area (Å²) in [5.74, 6) is 0.415. The highest BCUT2D eigenvalue weighted by Gasteiger charge is 2.32. The molecule has 0 spiro atoms. The number of anilines is 1. The molecule has 1 fully saturated rings. The Morgan fingerprint density at radius 1 is 1.41 bits per heavy atom. The van der Waals surface area contributed by atoms with E-state index in [9.17, 15) is 8.42 Å². The highest BCUT2D eigenvalue weighted by Crippen LogP contribution is 2.24. The van der Waals surface area contributed by atoms with Gasteiger partial charge in [0.2, 0.25) is 16.0 Å². The van der Waals surface area contributed by atoms with Crippen molar-refractivity contribution in [3.05, 3.63) is 12.4 Å². The average Bonchev–Trinajstić information content (AvgIpc) is 2.76. The zero-order valence-electron chi connectivity index (χ0n) is 9.92. The number of aromatic nitrogens is 2. The molecule has 7 heteroatoms. The number of hydrogen-bond donors (Lipinski definition) is 1. The van der Waals surface area contributed by atoms with Gasteiger partial charge in [0.15, 0.2) is 0 Å². The predicted molar refractivity (Wildman–Crippen MR) is 64.2 cm³/mol. The molecule has 94 valence electrons. The Labute approximate surface area is 101 Å². The van der Waals surface area contributed by atoms with Crippen LogP contribution in [-0.2, 0) is 10.0 Å². The smallest absolute Gasteiger partial charge is 0.246 e. The summed E-state index contributed by atoms with van der Waals surface area (Å²) in [7, 11) is -1.75. The van der Waals surface area contributed by atoms with Crippen molar-refractivity contribution in [2.24, 2.45) is 0 Å². The summed E-state index contributed by atoms with van der Waals surface area (Å²) < 4.78 is 26.1. The van der Waals surface area contributed by atoms with Crippen molar-refractivity contribution in [1.29, 1.82) is 0 Å². The third-order valence-electron chi connectivity index (χ3n) is 2.95. The number of nitrogens with one attached hydrogen (secondary N) is 1. The zero-order chi connectivity index (χ0) is 12.5. The van der Waals surface area contributed by atoms with Crippen molar-refractivity contribution in [2.45, 2.75) is 30.7 Å². The summed E-state index contributed by atoms with van der Waals surface area (Å²) in [5, 5.41) is 2.75. The molecule has 0 saturated carbocycles. The molecule has 1 aliphatic rings.